The van der Waals surface area contributed by atoms with Gasteiger partial charge in [0.2, 0.25) is 0 Å². The third kappa shape index (κ3) is 2.03. The Hall–Kier alpha value is -1.13. The second kappa shape index (κ2) is 4.27. The van der Waals surface area contributed by atoms with Crippen LogP contribution in [0.3, 0.4) is 0 Å². The standard InChI is InChI=1S/C13H13NOS2/c1-9-13(2,3)14(12(16)17-9)11(15)10-7-5-4-6-8-10/h4-8H,1H2,2-3H3. The Balaban J connectivity index is 2.38. The lowest BCUT2D eigenvalue weighted by Crippen LogP contribution is -2.45. The van der Waals surface area contributed by atoms with E-state index in [-0.39, 0.29) is 5.91 Å². The predicted octanol–water partition coefficient (Wildman–Crippen LogP) is 3.45. The lowest BCUT2D eigenvalue weighted by atomic mass is 10.0. The first-order valence-electron chi connectivity index (χ1n) is 5.25. The average molecular weight is 263 g/mol. The molecule has 2 rings (SSSR count). The molecule has 0 spiro atoms. The molecule has 1 aliphatic heterocycles. The highest BCUT2D eigenvalue weighted by atomic mass is 32.2. The summed E-state index contributed by atoms with van der Waals surface area (Å²) >= 11 is 6.65. The van der Waals surface area contributed by atoms with Crippen LogP contribution in [0.15, 0.2) is 41.8 Å². The summed E-state index contributed by atoms with van der Waals surface area (Å²) in [5, 5.41) is 0. The summed E-state index contributed by atoms with van der Waals surface area (Å²) in [5.41, 5.74) is 0.229. The number of hydrogen-bond acceptors (Lipinski definition) is 3. The van der Waals surface area contributed by atoms with Crippen LogP contribution in [0.2, 0.25) is 0 Å². The number of thioether (sulfide) groups is 1. The lowest BCUT2D eigenvalue weighted by molar-refractivity contribution is 0.0785. The monoisotopic (exact) mass is 263 g/mol. The number of rotatable bonds is 1. The van der Waals surface area contributed by atoms with Crippen molar-refractivity contribution in [3.63, 3.8) is 0 Å². The van der Waals surface area contributed by atoms with E-state index in [0.717, 1.165) is 4.91 Å². The molecule has 0 saturated carbocycles. The van der Waals surface area contributed by atoms with Gasteiger partial charge in [-0.2, -0.15) is 0 Å². The molecule has 17 heavy (non-hydrogen) atoms. The highest BCUT2D eigenvalue weighted by Crippen LogP contribution is 2.42. The molecule has 1 saturated heterocycles. The molecule has 2 nitrogen and oxygen atoms in total. The van der Waals surface area contributed by atoms with E-state index < -0.39 is 5.54 Å². The summed E-state index contributed by atoms with van der Waals surface area (Å²) in [6.45, 7) is 7.89. The fourth-order valence-corrected chi connectivity index (χ4v) is 3.24. The summed E-state index contributed by atoms with van der Waals surface area (Å²) in [6, 6.07) is 9.18. The van der Waals surface area contributed by atoms with E-state index in [1.54, 1.807) is 17.0 Å². The maximum Gasteiger partial charge on any atom is 0.260 e. The number of benzene rings is 1. The smallest absolute Gasteiger partial charge is 0.260 e. The van der Waals surface area contributed by atoms with Gasteiger partial charge in [0, 0.05) is 10.5 Å². The quantitative estimate of drug-likeness (QED) is 0.724. The fraction of sp³-hybridized carbons (Fsp3) is 0.231. The normalized spacial score (nSPS) is 18.6. The van der Waals surface area contributed by atoms with Crippen molar-refractivity contribution in [1.29, 1.82) is 0 Å². The van der Waals surface area contributed by atoms with Gasteiger partial charge < -0.3 is 0 Å². The molecule has 0 N–H and O–H groups in total. The average Bonchev–Trinajstić information content (AvgIpc) is 2.49. The van der Waals surface area contributed by atoms with Crippen LogP contribution in [0.5, 0.6) is 0 Å². The van der Waals surface area contributed by atoms with Gasteiger partial charge >= 0.3 is 0 Å². The van der Waals surface area contributed by atoms with Gasteiger partial charge in [-0.1, -0.05) is 48.8 Å². The van der Waals surface area contributed by atoms with Crippen molar-refractivity contribution in [2.24, 2.45) is 0 Å². The summed E-state index contributed by atoms with van der Waals surface area (Å²) in [5.74, 6) is -0.0632. The van der Waals surface area contributed by atoms with Crippen molar-refractivity contribution in [2.45, 2.75) is 19.4 Å². The minimum atomic E-state index is -0.422. The molecule has 0 bridgehead atoms. The number of carbonyl (C=O) groups is 1. The Morgan fingerprint density at radius 1 is 1.35 bits per heavy atom. The SMILES string of the molecule is C=C1SC(=S)N(C(=O)c2ccccc2)C1(C)C. The summed E-state index contributed by atoms with van der Waals surface area (Å²) < 4.78 is 0.578. The van der Waals surface area contributed by atoms with Crippen molar-refractivity contribution in [1.82, 2.24) is 4.90 Å². The maximum atomic E-state index is 12.4. The van der Waals surface area contributed by atoms with Crippen LogP contribution in [0, 0.1) is 0 Å². The number of amides is 1. The molecule has 0 atom stereocenters. The van der Waals surface area contributed by atoms with E-state index in [1.807, 2.05) is 32.0 Å². The number of hydrogen-bond donors (Lipinski definition) is 0. The molecule has 1 amide bonds. The Labute approximate surface area is 111 Å². The largest absolute Gasteiger partial charge is 0.283 e. The number of thiocarbonyl (C=S) groups is 1. The molecule has 1 fully saturated rings. The second-order valence-corrected chi connectivity index (χ2v) is 6.09. The van der Waals surface area contributed by atoms with Crippen molar-refractivity contribution >= 4 is 34.2 Å². The van der Waals surface area contributed by atoms with Gasteiger partial charge in [0.1, 0.15) is 4.32 Å². The van der Waals surface area contributed by atoms with Crippen LogP contribution in [0.25, 0.3) is 0 Å². The van der Waals surface area contributed by atoms with Gasteiger partial charge in [-0.25, -0.2) is 0 Å². The highest BCUT2D eigenvalue weighted by Gasteiger charge is 2.43. The summed E-state index contributed by atoms with van der Waals surface area (Å²) in [4.78, 5) is 15.0. The Bertz CT molecular complexity index is 493. The maximum absolute atomic E-state index is 12.4. The van der Waals surface area contributed by atoms with Gasteiger partial charge in [0.25, 0.3) is 5.91 Å². The molecule has 4 heteroatoms. The zero-order valence-corrected chi connectivity index (χ0v) is 11.4. The molecular weight excluding hydrogens is 250 g/mol. The molecular formula is C13H13NOS2. The van der Waals surface area contributed by atoms with Crippen LogP contribution < -0.4 is 0 Å². The third-order valence-corrected chi connectivity index (χ3v) is 4.39. The van der Waals surface area contributed by atoms with E-state index in [2.05, 4.69) is 6.58 Å². The molecule has 1 aromatic rings. The van der Waals surface area contributed by atoms with Gasteiger partial charge in [0.05, 0.1) is 5.54 Å². The third-order valence-electron chi connectivity index (χ3n) is 2.86. The minimum Gasteiger partial charge on any atom is -0.283 e. The zero-order valence-electron chi connectivity index (χ0n) is 9.77. The summed E-state index contributed by atoms with van der Waals surface area (Å²) in [7, 11) is 0. The molecule has 0 unspecified atom stereocenters. The van der Waals surface area contributed by atoms with Crippen molar-refractivity contribution in [3.05, 3.63) is 47.4 Å². The highest BCUT2D eigenvalue weighted by molar-refractivity contribution is 8.26. The van der Waals surface area contributed by atoms with E-state index in [0.29, 0.717) is 9.88 Å². The molecule has 88 valence electrons. The van der Waals surface area contributed by atoms with Crippen LogP contribution in [0.1, 0.15) is 24.2 Å². The first kappa shape index (κ1) is 12.3. The molecule has 0 radical (unpaired) electrons. The Kier molecular flexibility index (Phi) is 3.10. The first-order chi connectivity index (χ1) is 7.94. The van der Waals surface area contributed by atoms with Crippen molar-refractivity contribution in [3.8, 4) is 0 Å². The van der Waals surface area contributed by atoms with Gasteiger partial charge in [0.15, 0.2) is 0 Å². The zero-order chi connectivity index (χ0) is 12.6. The molecule has 1 heterocycles. The van der Waals surface area contributed by atoms with Crippen LogP contribution in [-0.2, 0) is 0 Å². The van der Waals surface area contributed by atoms with E-state index >= 15 is 0 Å². The number of nitrogens with zero attached hydrogens (tertiary/aromatic N) is 1. The van der Waals surface area contributed by atoms with Crippen LogP contribution in [0.4, 0.5) is 0 Å². The van der Waals surface area contributed by atoms with Crippen molar-refractivity contribution in [2.75, 3.05) is 0 Å². The first-order valence-corrected chi connectivity index (χ1v) is 6.48. The van der Waals surface area contributed by atoms with Gasteiger partial charge in [-0.05, 0) is 26.0 Å². The van der Waals surface area contributed by atoms with Gasteiger partial charge in [-0.3, -0.25) is 9.69 Å². The van der Waals surface area contributed by atoms with E-state index in [1.165, 1.54) is 11.8 Å². The van der Waals surface area contributed by atoms with Gasteiger partial charge in [-0.15, -0.1) is 0 Å². The topological polar surface area (TPSA) is 20.3 Å². The predicted molar refractivity (Wildman–Crippen MR) is 76.0 cm³/mol. The van der Waals surface area contributed by atoms with E-state index in [9.17, 15) is 4.79 Å². The van der Waals surface area contributed by atoms with E-state index in [4.69, 9.17) is 12.2 Å². The molecule has 0 aliphatic carbocycles. The summed E-state index contributed by atoms with van der Waals surface area (Å²) in [6.07, 6.45) is 0. The fourth-order valence-electron chi connectivity index (χ4n) is 1.68. The minimum absolute atomic E-state index is 0.0632. The van der Waals surface area contributed by atoms with Crippen LogP contribution in [-0.4, -0.2) is 20.7 Å². The molecule has 1 aromatic carbocycles. The molecule has 0 aromatic heterocycles. The molecule has 1 aliphatic rings. The number of carbonyl (C=O) groups excluding carboxylic acids is 1. The Morgan fingerprint density at radius 3 is 2.41 bits per heavy atom. The lowest BCUT2D eigenvalue weighted by Gasteiger charge is -2.30. The second-order valence-electron chi connectivity index (χ2n) is 4.36. The Morgan fingerprint density at radius 2 is 1.94 bits per heavy atom. The van der Waals surface area contributed by atoms with Crippen LogP contribution >= 0.6 is 24.0 Å². The van der Waals surface area contributed by atoms with Crippen molar-refractivity contribution < 1.29 is 4.79 Å².